The Hall–Kier alpha value is -3.54. The quantitative estimate of drug-likeness (QED) is 0.442. The normalized spacial score (nSPS) is 14.3. The molecule has 2 aromatic carbocycles. The molecule has 0 radical (unpaired) electrons. The molecule has 0 spiro atoms. The van der Waals surface area contributed by atoms with E-state index in [0.29, 0.717) is 23.1 Å². The van der Waals surface area contributed by atoms with E-state index in [4.69, 9.17) is 0 Å². The van der Waals surface area contributed by atoms with E-state index in [1.807, 2.05) is 0 Å². The van der Waals surface area contributed by atoms with Gasteiger partial charge in [0, 0.05) is 23.2 Å². The highest BCUT2D eigenvalue weighted by molar-refractivity contribution is 6.20. The van der Waals surface area contributed by atoms with E-state index in [0.717, 1.165) is 49.2 Å². The molecule has 0 aliphatic heterocycles. The summed E-state index contributed by atoms with van der Waals surface area (Å²) in [5.41, 5.74) is 1.24. The number of imide groups is 1. The van der Waals surface area contributed by atoms with Gasteiger partial charge in [0.1, 0.15) is 6.29 Å². The van der Waals surface area contributed by atoms with Crippen LogP contribution in [0, 0.1) is 0 Å². The first-order valence-corrected chi connectivity index (χ1v) is 10.1. The number of ketones is 1. The summed E-state index contributed by atoms with van der Waals surface area (Å²) < 4.78 is 0. The number of benzene rings is 2. The zero-order valence-corrected chi connectivity index (χ0v) is 16.6. The van der Waals surface area contributed by atoms with Gasteiger partial charge in [0.05, 0.1) is 5.69 Å². The predicted molar refractivity (Wildman–Crippen MR) is 115 cm³/mol. The summed E-state index contributed by atoms with van der Waals surface area (Å²) in [5.74, 6) is -0.992. The minimum atomic E-state index is -0.604. The van der Waals surface area contributed by atoms with Crippen molar-refractivity contribution in [2.75, 3.05) is 4.90 Å². The molecule has 0 bridgehead atoms. The second-order valence-corrected chi connectivity index (χ2v) is 7.23. The van der Waals surface area contributed by atoms with Crippen molar-refractivity contribution in [3.05, 3.63) is 77.9 Å². The molecular weight excluding hydrogens is 380 g/mol. The number of nitrogens with zero attached hydrogens (tertiary/aromatic N) is 1. The molecule has 30 heavy (non-hydrogen) atoms. The number of carbonyl (C=O) groups is 4. The summed E-state index contributed by atoms with van der Waals surface area (Å²) in [5, 5.41) is 2.94. The minimum Gasteiger partial charge on any atom is -0.335 e. The van der Waals surface area contributed by atoms with Gasteiger partial charge in [-0.15, -0.1) is 0 Å². The highest BCUT2D eigenvalue weighted by Crippen LogP contribution is 2.19. The van der Waals surface area contributed by atoms with Crippen LogP contribution < -0.4 is 10.2 Å². The number of anilines is 1. The van der Waals surface area contributed by atoms with E-state index in [1.54, 1.807) is 30.3 Å². The summed E-state index contributed by atoms with van der Waals surface area (Å²) in [6.07, 6.45) is 8.00. The molecule has 0 heterocycles. The third-order valence-electron chi connectivity index (χ3n) is 5.08. The van der Waals surface area contributed by atoms with Gasteiger partial charge in [-0.3, -0.25) is 14.4 Å². The zero-order chi connectivity index (χ0) is 21.3. The molecule has 1 saturated carbocycles. The maximum atomic E-state index is 12.9. The smallest absolute Gasteiger partial charge is 0.329 e. The highest BCUT2D eigenvalue weighted by atomic mass is 16.2. The third kappa shape index (κ3) is 5.50. The molecule has 6 nitrogen and oxygen atoms in total. The topological polar surface area (TPSA) is 83.6 Å². The summed E-state index contributed by atoms with van der Waals surface area (Å²) in [4.78, 5) is 49.9. The van der Waals surface area contributed by atoms with Crippen molar-refractivity contribution >= 4 is 29.7 Å². The van der Waals surface area contributed by atoms with Crippen LogP contribution in [0.2, 0.25) is 0 Å². The molecule has 0 saturated heterocycles. The number of hydrogen-bond acceptors (Lipinski definition) is 4. The van der Waals surface area contributed by atoms with Gasteiger partial charge in [0.2, 0.25) is 0 Å². The van der Waals surface area contributed by atoms with E-state index in [-0.39, 0.29) is 11.8 Å². The zero-order valence-electron chi connectivity index (χ0n) is 16.6. The summed E-state index contributed by atoms with van der Waals surface area (Å²) in [6, 6.07) is 14.3. The van der Waals surface area contributed by atoms with Crippen molar-refractivity contribution in [3.63, 3.8) is 0 Å². The number of para-hydroxylation sites is 1. The van der Waals surface area contributed by atoms with Crippen LogP contribution in [0.25, 0.3) is 0 Å². The first kappa shape index (κ1) is 21.2. The molecular formula is C24H24N2O4. The van der Waals surface area contributed by atoms with Gasteiger partial charge in [-0.2, -0.15) is 0 Å². The van der Waals surface area contributed by atoms with Gasteiger partial charge < -0.3 is 5.32 Å². The van der Waals surface area contributed by atoms with E-state index in [9.17, 15) is 19.2 Å². The van der Waals surface area contributed by atoms with Crippen LogP contribution in [0.1, 0.15) is 52.8 Å². The molecule has 0 unspecified atom stereocenters. The van der Waals surface area contributed by atoms with Gasteiger partial charge in [-0.05, 0) is 31.1 Å². The number of rotatable bonds is 6. The lowest BCUT2D eigenvalue weighted by Gasteiger charge is -2.26. The van der Waals surface area contributed by atoms with Crippen molar-refractivity contribution in [1.82, 2.24) is 5.32 Å². The maximum Gasteiger partial charge on any atom is 0.329 e. The van der Waals surface area contributed by atoms with E-state index >= 15 is 0 Å². The Kier molecular flexibility index (Phi) is 7.27. The Balaban J connectivity index is 1.75. The largest absolute Gasteiger partial charge is 0.335 e. The Morgan fingerprint density at radius 1 is 0.867 bits per heavy atom. The fourth-order valence-corrected chi connectivity index (χ4v) is 3.45. The third-order valence-corrected chi connectivity index (χ3v) is 5.08. The molecule has 3 rings (SSSR count). The second kappa shape index (κ2) is 10.3. The first-order valence-electron chi connectivity index (χ1n) is 10.1. The van der Waals surface area contributed by atoms with Crippen molar-refractivity contribution in [1.29, 1.82) is 0 Å². The SMILES string of the molecule is O=Cc1ccc(C(=O)/C=C/C(=O)N(C(=O)NC2CCCCC2)c2ccccc2)cc1. The second-order valence-electron chi connectivity index (χ2n) is 7.23. The number of urea groups is 1. The number of allylic oxidation sites excluding steroid dienone is 1. The lowest BCUT2D eigenvalue weighted by molar-refractivity contribution is -0.113. The number of amides is 3. The lowest BCUT2D eigenvalue weighted by Crippen LogP contribution is -2.48. The van der Waals surface area contributed by atoms with Crippen molar-refractivity contribution in [2.45, 2.75) is 38.1 Å². The predicted octanol–water partition coefficient (Wildman–Crippen LogP) is 4.31. The van der Waals surface area contributed by atoms with Crippen LogP contribution in [-0.2, 0) is 4.79 Å². The minimum absolute atomic E-state index is 0.0483. The standard InChI is InChI=1S/C24H24N2O4/c27-17-18-11-13-19(14-12-18)22(28)15-16-23(29)26(21-9-5-2-6-10-21)24(30)25-20-7-3-1-4-8-20/h2,5-6,9-17,20H,1,3-4,7-8H2,(H,25,30)/b16-15+. The molecule has 0 atom stereocenters. The number of nitrogens with one attached hydrogen (secondary N) is 1. The van der Waals surface area contributed by atoms with E-state index in [2.05, 4.69) is 5.32 Å². The fourth-order valence-electron chi connectivity index (χ4n) is 3.45. The van der Waals surface area contributed by atoms with Crippen LogP contribution in [-0.4, -0.2) is 30.0 Å². The van der Waals surface area contributed by atoms with Crippen LogP contribution in [0.5, 0.6) is 0 Å². The van der Waals surface area contributed by atoms with Gasteiger partial charge in [0.25, 0.3) is 5.91 Å². The monoisotopic (exact) mass is 404 g/mol. The van der Waals surface area contributed by atoms with Gasteiger partial charge >= 0.3 is 6.03 Å². The molecule has 3 amide bonds. The first-order chi connectivity index (χ1) is 14.6. The molecule has 1 N–H and O–H groups in total. The Morgan fingerprint density at radius 3 is 2.17 bits per heavy atom. The number of hydrogen-bond donors (Lipinski definition) is 1. The van der Waals surface area contributed by atoms with E-state index < -0.39 is 11.9 Å². The molecule has 1 fully saturated rings. The molecule has 1 aliphatic rings. The fraction of sp³-hybridized carbons (Fsp3) is 0.250. The van der Waals surface area contributed by atoms with Crippen LogP contribution in [0.15, 0.2) is 66.7 Å². The van der Waals surface area contributed by atoms with Gasteiger partial charge in [-0.1, -0.05) is 61.7 Å². The summed E-state index contributed by atoms with van der Waals surface area (Å²) >= 11 is 0. The van der Waals surface area contributed by atoms with Crippen LogP contribution in [0.4, 0.5) is 10.5 Å². The molecule has 6 heteroatoms. The lowest BCUT2D eigenvalue weighted by atomic mass is 9.96. The Bertz CT molecular complexity index is 929. The average Bonchev–Trinajstić information content (AvgIpc) is 2.79. The average molecular weight is 404 g/mol. The molecule has 154 valence electrons. The number of carbonyl (C=O) groups excluding carboxylic acids is 4. The summed E-state index contributed by atoms with van der Waals surface area (Å²) in [6.45, 7) is 0. The highest BCUT2D eigenvalue weighted by Gasteiger charge is 2.25. The molecule has 0 aromatic heterocycles. The van der Waals surface area contributed by atoms with Crippen molar-refractivity contribution in [3.8, 4) is 0 Å². The maximum absolute atomic E-state index is 12.9. The van der Waals surface area contributed by atoms with Crippen LogP contribution >= 0.6 is 0 Å². The van der Waals surface area contributed by atoms with Crippen molar-refractivity contribution < 1.29 is 19.2 Å². The summed E-state index contributed by atoms with van der Waals surface area (Å²) in [7, 11) is 0. The van der Waals surface area contributed by atoms with E-state index in [1.165, 1.54) is 24.3 Å². The Labute approximate surface area is 175 Å². The molecule has 2 aromatic rings. The van der Waals surface area contributed by atoms with Crippen molar-refractivity contribution in [2.24, 2.45) is 0 Å². The molecule has 1 aliphatic carbocycles. The van der Waals surface area contributed by atoms with Gasteiger partial charge in [0.15, 0.2) is 5.78 Å². The van der Waals surface area contributed by atoms with Gasteiger partial charge in [-0.25, -0.2) is 9.69 Å². The Morgan fingerprint density at radius 2 is 1.53 bits per heavy atom. The van der Waals surface area contributed by atoms with Crippen LogP contribution in [0.3, 0.4) is 0 Å². The number of aldehydes is 1.